The molecule has 1 unspecified atom stereocenters. The monoisotopic (exact) mass is 566 g/mol. The van der Waals surface area contributed by atoms with E-state index in [1.54, 1.807) is 0 Å². The number of nitrogens with one attached hydrogen (secondary N) is 3. The molecule has 0 aliphatic carbocycles. The number of carbonyl (C=O) groups excluding carboxylic acids is 1. The Balaban J connectivity index is 1.58. The molecule has 7 nitrogen and oxygen atoms in total. The highest BCUT2D eigenvalue weighted by atomic mass is 35.5. The summed E-state index contributed by atoms with van der Waals surface area (Å²) in [5, 5.41) is 5.13. The fourth-order valence-electron chi connectivity index (χ4n) is 3.51. The molecule has 1 amide bonds. The minimum Gasteiger partial charge on any atom is -0.350 e. The van der Waals surface area contributed by atoms with Crippen LogP contribution in [0.15, 0.2) is 77.0 Å². The minimum absolute atomic E-state index is 0.121. The highest BCUT2D eigenvalue weighted by molar-refractivity contribution is 8.00. The van der Waals surface area contributed by atoms with Crippen molar-refractivity contribution in [3.8, 4) is 0 Å². The van der Waals surface area contributed by atoms with Crippen molar-refractivity contribution in [2.24, 2.45) is 0 Å². The lowest BCUT2D eigenvalue weighted by Gasteiger charge is -2.30. The maximum atomic E-state index is 14.8. The van der Waals surface area contributed by atoms with Crippen LogP contribution < -0.4 is 19.9 Å². The second-order valence-corrected chi connectivity index (χ2v) is 11.2. The zero-order valence-corrected chi connectivity index (χ0v) is 22.0. The zero-order valence-electron chi connectivity index (χ0n) is 18.8. The van der Waals surface area contributed by atoms with Crippen LogP contribution >= 0.6 is 35.1 Å². The largest absolute Gasteiger partial charge is 0.350 e. The SMILES string of the molecule is CC(C(=O)NCc1ccc(C2=CSNN2)cc1)N(c1cc(Cl)ccc1F)S(=O)(=O)c1ccc(Cl)cc1. The van der Waals surface area contributed by atoms with Crippen LogP contribution in [0.3, 0.4) is 0 Å². The van der Waals surface area contributed by atoms with Crippen LogP contribution in [0.2, 0.25) is 10.0 Å². The summed E-state index contributed by atoms with van der Waals surface area (Å²) in [5.41, 5.74) is 5.38. The molecule has 3 aromatic rings. The molecule has 1 heterocycles. The van der Waals surface area contributed by atoms with Crippen LogP contribution in [-0.4, -0.2) is 20.4 Å². The van der Waals surface area contributed by atoms with Gasteiger partial charge in [-0.3, -0.25) is 9.10 Å². The third-order valence-corrected chi connectivity index (χ3v) is 8.36. The average Bonchev–Trinajstić information content (AvgIpc) is 3.40. The van der Waals surface area contributed by atoms with Crippen molar-refractivity contribution in [3.05, 3.63) is 99.1 Å². The maximum Gasteiger partial charge on any atom is 0.265 e. The number of hydrogen-bond donors (Lipinski definition) is 3. The first-order valence-electron chi connectivity index (χ1n) is 10.7. The van der Waals surface area contributed by atoms with Gasteiger partial charge in [0.25, 0.3) is 10.0 Å². The third kappa shape index (κ3) is 5.79. The first-order chi connectivity index (χ1) is 17.2. The van der Waals surface area contributed by atoms with E-state index in [0.717, 1.165) is 27.2 Å². The summed E-state index contributed by atoms with van der Waals surface area (Å²) in [6, 6.07) is 15.1. The predicted molar refractivity (Wildman–Crippen MR) is 142 cm³/mol. The first kappa shape index (κ1) is 26.3. The normalized spacial score (nSPS) is 14.1. The number of amides is 1. The summed E-state index contributed by atoms with van der Waals surface area (Å²) in [4.78, 5) is 15.9. The molecule has 0 radical (unpaired) electrons. The van der Waals surface area contributed by atoms with Crippen molar-refractivity contribution >= 4 is 62.5 Å². The number of hydrazine groups is 1. The molecule has 3 N–H and O–H groups in total. The van der Waals surface area contributed by atoms with Crippen LogP contribution in [0.4, 0.5) is 10.1 Å². The number of sulfonamides is 1. The van der Waals surface area contributed by atoms with Crippen molar-refractivity contribution in [1.82, 2.24) is 15.6 Å². The lowest BCUT2D eigenvalue weighted by molar-refractivity contribution is -0.122. The predicted octanol–water partition coefficient (Wildman–Crippen LogP) is 5.09. The van der Waals surface area contributed by atoms with E-state index in [2.05, 4.69) is 15.6 Å². The number of hydrogen-bond acceptors (Lipinski definition) is 6. The highest BCUT2D eigenvalue weighted by Gasteiger charge is 2.35. The Bertz CT molecular complexity index is 1400. The van der Waals surface area contributed by atoms with Gasteiger partial charge in [-0.15, -0.1) is 0 Å². The van der Waals surface area contributed by atoms with Crippen LogP contribution in [0.25, 0.3) is 5.70 Å². The molecule has 12 heteroatoms. The van der Waals surface area contributed by atoms with Crippen molar-refractivity contribution in [1.29, 1.82) is 0 Å². The summed E-state index contributed by atoms with van der Waals surface area (Å²) >= 11 is 13.4. The quantitative estimate of drug-likeness (QED) is 0.329. The second kappa shape index (κ2) is 11.1. The van der Waals surface area contributed by atoms with Gasteiger partial charge in [0.15, 0.2) is 0 Å². The van der Waals surface area contributed by atoms with Crippen LogP contribution in [0.1, 0.15) is 18.1 Å². The third-order valence-electron chi connectivity index (χ3n) is 5.40. The Morgan fingerprint density at radius 2 is 1.72 bits per heavy atom. The van der Waals surface area contributed by atoms with E-state index >= 15 is 0 Å². The molecule has 188 valence electrons. The maximum absolute atomic E-state index is 14.8. The molecule has 3 aromatic carbocycles. The van der Waals surface area contributed by atoms with Gasteiger partial charge in [0.05, 0.1) is 16.3 Å². The van der Waals surface area contributed by atoms with Gasteiger partial charge in [-0.2, -0.15) is 4.83 Å². The van der Waals surface area contributed by atoms with Crippen molar-refractivity contribution in [2.75, 3.05) is 4.31 Å². The number of benzene rings is 3. The topological polar surface area (TPSA) is 90.5 Å². The smallest absolute Gasteiger partial charge is 0.265 e. The molecule has 0 spiro atoms. The molecule has 0 saturated carbocycles. The second-order valence-electron chi connectivity index (χ2n) is 7.82. The summed E-state index contributed by atoms with van der Waals surface area (Å²) in [6.45, 7) is 1.53. The van der Waals surface area contributed by atoms with Crippen molar-refractivity contribution < 1.29 is 17.6 Å². The Kier molecular flexibility index (Phi) is 8.11. The summed E-state index contributed by atoms with van der Waals surface area (Å²) in [6.07, 6.45) is 0. The fourth-order valence-corrected chi connectivity index (χ4v) is 5.96. The van der Waals surface area contributed by atoms with Crippen LogP contribution in [-0.2, 0) is 21.4 Å². The summed E-state index contributed by atoms with van der Waals surface area (Å²) in [5.74, 6) is -1.45. The van der Waals surface area contributed by atoms with Gasteiger partial charge in [0, 0.05) is 22.0 Å². The summed E-state index contributed by atoms with van der Waals surface area (Å²) < 4.78 is 42.7. The molecular weight excluding hydrogens is 546 g/mol. The molecule has 0 saturated heterocycles. The number of anilines is 1. The molecule has 1 aliphatic rings. The zero-order chi connectivity index (χ0) is 25.9. The number of nitrogens with zero attached hydrogens (tertiary/aromatic N) is 1. The molecule has 0 aromatic heterocycles. The molecule has 1 aliphatic heterocycles. The molecule has 36 heavy (non-hydrogen) atoms. The van der Waals surface area contributed by atoms with Gasteiger partial charge in [0.1, 0.15) is 11.9 Å². The van der Waals surface area contributed by atoms with E-state index in [-0.39, 0.29) is 22.2 Å². The van der Waals surface area contributed by atoms with E-state index in [0.29, 0.717) is 5.02 Å². The highest BCUT2D eigenvalue weighted by Crippen LogP contribution is 2.31. The lowest BCUT2D eigenvalue weighted by atomic mass is 10.1. The standard InChI is InChI=1S/C24H21Cl2FN4O3S2/c1-15(24(32)28-13-16-2-4-17(5-3-16)22-14-35-30-29-22)31(23-12-19(26)8-11-21(23)27)36(33,34)20-9-6-18(25)7-10-20/h2-12,14-15,29-30H,13H2,1H3,(H,28,32). The van der Waals surface area contributed by atoms with Gasteiger partial charge in [-0.25, -0.2) is 12.8 Å². The van der Waals surface area contributed by atoms with Crippen LogP contribution in [0, 0.1) is 5.82 Å². The number of halogens is 3. The van der Waals surface area contributed by atoms with Crippen molar-refractivity contribution in [3.63, 3.8) is 0 Å². The van der Waals surface area contributed by atoms with E-state index in [4.69, 9.17) is 23.2 Å². The molecule has 4 rings (SSSR count). The Labute approximate surface area is 222 Å². The van der Waals surface area contributed by atoms with E-state index in [1.807, 2.05) is 29.7 Å². The van der Waals surface area contributed by atoms with Gasteiger partial charge in [-0.1, -0.05) is 47.5 Å². The summed E-state index contributed by atoms with van der Waals surface area (Å²) in [7, 11) is -4.36. The van der Waals surface area contributed by atoms with E-state index in [1.165, 1.54) is 55.3 Å². The van der Waals surface area contributed by atoms with Gasteiger partial charge in [0.2, 0.25) is 5.91 Å². The minimum atomic E-state index is -4.36. The fraction of sp³-hybridized carbons (Fsp3) is 0.125. The first-order valence-corrected chi connectivity index (χ1v) is 13.7. The lowest BCUT2D eigenvalue weighted by Crippen LogP contribution is -2.48. The average molecular weight is 567 g/mol. The Hall–Kier alpha value is -2.76. The molecule has 0 bridgehead atoms. The van der Waals surface area contributed by atoms with Gasteiger partial charge >= 0.3 is 0 Å². The van der Waals surface area contributed by atoms with E-state index in [9.17, 15) is 17.6 Å². The molecule has 0 fully saturated rings. The Morgan fingerprint density at radius 1 is 1.06 bits per heavy atom. The number of rotatable bonds is 8. The van der Waals surface area contributed by atoms with Gasteiger partial charge in [-0.05, 0) is 72.5 Å². The van der Waals surface area contributed by atoms with Crippen molar-refractivity contribution in [2.45, 2.75) is 24.4 Å². The van der Waals surface area contributed by atoms with E-state index < -0.39 is 27.8 Å². The number of carbonyl (C=O) groups is 1. The van der Waals surface area contributed by atoms with Crippen LogP contribution in [0.5, 0.6) is 0 Å². The van der Waals surface area contributed by atoms with Gasteiger partial charge < -0.3 is 10.7 Å². The molecule has 1 atom stereocenters. The Morgan fingerprint density at radius 3 is 2.36 bits per heavy atom. The molecular formula is C24H21Cl2FN4O3S2.